The predicted octanol–water partition coefficient (Wildman–Crippen LogP) is 3.19. The van der Waals surface area contributed by atoms with Gasteiger partial charge in [0.25, 0.3) is 5.91 Å². The molecule has 0 saturated carbocycles. The van der Waals surface area contributed by atoms with Crippen LogP contribution in [0, 0.1) is 6.92 Å². The Bertz CT molecular complexity index is 668. The fraction of sp³-hybridized carbons (Fsp3) is 0.176. The molecule has 0 aliphatic heterocycles. The SMILES string of the molecule is CCc1ccccc1NC(=S)NNC(=O)c1ccc(C)cc1. The summed E-state index contributed by atoms with van der Waals surface area (Å²) in [6.07, 6.45) is 0.904. The van der Waals surface area contributed by atoms with Crippen molar-refractivity contribution in [2.75, 3.05) is 5.32 Å². The minimum atomic E-state index is -0.229. The Hall–Kier alpha value is -2.40. The third-order valence-corrected chi connectivity index (χ3v) is 3.45. The molecule has 0 aliphatic carbocycles. The van der Waals surface area contributed by atoms with E-state index in [0.717, 1.165) is 23.2 Å². The third-order valence-electron chi connectivity index (χ3n) is 3.25. The van der Waals surface area contributed by atoms with Crippen LogP contribution in [0.2, 0.25) is 0 Å². The summed E-state index contributed by atoms with van der Waals surface area (Å²) in [6.45, 7) is 4.06. The Kier molecular flexibility index (Phi) is 5.49. The molecule has 2 rings (SSSR count). The van der Waals surface area contributed by atoms with Gasteiger partial charge in [-0.2, -0.15) is 0 Å². The summed E-state index contributed by atoms with van der Waals surface area (Å²) >= 11 is 5.20. The lowest BCUT2D eigenvalue weighted by Gasteiger charge is -2.14. The minimum Gasteiger partial charge on any atom is -0.331 e. The molecular weight excluding hydrogens is 294 g/mol. The number of amides is 1. The fourth-order valence-corrected chi connectivity index (χ4v) is 2.16. The van der Waals surface area contributed by atoms with E-state index in [1.807, 2.05) is 43.3 Å². The van der Waals surface area contributed by atoms with Gasteiger partial charge >= 0.3 is 0 Å². The topological polar surface area (TPSA) is 53.2 Å². The summed E-state index contributed by atoms with van der Waals surface area (Å²) in [5.41, 5.74) is 9.09. The van der Waals surface area contributed by atoms with E-state index in [1.54, 1.807) is 12.1 Å². The van der Waals surface area contributed by atoms with Crippen molar-refractivity contribution in [3.63, 3.8) is 0 Å². The van der Waals surface area contributed by atoms with Crippen LogP contribution in [0.4, 0.5) is 5.69 Å². The highest BCUT2D eigenvalue weighted by atomic mass is 32.1. The Morgan fingerprint density at radius 1 is 1.05 bits per heavy atom. The van der Waals surface area contributed by atoms with Crippen LogP contribution in [0.25, 0.3) is 0 Å². The lowest BCUT2D eigenvalue weighted by atomic mass is 10.1. The van der Waals surface area contributed by atoms with Crippen LogP contribution in [0.3, 0.4) is 0 Å². The van der Waals surface area contributed by atoms with E-state index in [2.05, 4.69) is 23.1 Å². The zero-order chi connectivity index (χ0) is 15.9. The first-order valence-electron chi connectivity index (χ1n) is 7.12. The number of para-hydroxylation sites is 1. The zero-order valence-electron chi connectivity index (χ0n) is 12.6. The molecule has 2 aromatic carbocycles. The highest BCUT2D eigenvalue weighted by molar-refractivity contribution is 7.80. The zero-order valence-corrected chi connectivity index (χ0v) is 13.5. The number of rotatable bonds is 3. The number of nitrogens with one attached hydrogen (secondary N) is 3. The molecule has 0 spiro atoms. The molecule has 114 valence electrons. The summed E-state index contributed by atoms with van der Waals surface area (Å²) in [6, 6.07) is 15.2. The molecule has 0 bridgehead atoms. The van der Waals surface area contributed by atoms with Crippen LogP contribution < -0.4 is 16.2 Å². The van der Waals surface area contributed by atoms with Crippen LogP contribution in [0.15, 0.2) is 48.5 Å². The molecule has 0 atom stereocenters. The smallest absolute Gasteiger partial charge is 0.269 e. The van der Waals surface area contributed by atoms with Gasteiger partial charge in [0.2, 0.25) is 0 Å². The van der Waals surface area contributed by atoms with E-state index in [4.69, 9.17) is 12.2 Å². The summed E-state index contributed by atoms with van der Waals surface area (Å²) < 4.78 is 0. The number of anilines is 1. The average Bonchev–Trinajstić information content (AvgIpc) is 2.54. The normalized spacial score (nSPS) is 9.91. The molecule has 0 radical (unpaired) electrons. The van der Waals surface area contributed by atoms with Gasteiger partial charge in [-0.05, 0) is 49.3 Å². The quantitative estimate of drug-likeness (QED) is 0.602. The van der Waals surface area contributed by atoms with Gasteiger partial charge in [-0.1, -0.05) is 42.8 Å². The van der Waals surface area contributed by atoms with Crippen LogP contribution in [-0.4, -0.2) is 11.0 Å². The van der Waals surface area contributed by atoms with Gasteiger partial charge in [0.1, 0.15) is 0 Å². The molecule has 4 nitrogen and oxygen atoms in total. The second-order valence-electron chi connectivity index (χ2n) is 4.91. The minimum absolute atomic E-state index is 0.229. The molecule has 0 unspecified atom stereocenters. The number of thiocarbonyl (C=S) groups is 1. The van der Waals surface area contributed by atoms with Gasteiger partial charge in [-0.15, -0.1) is 0 Å². The number of aryl methyl sites for hydroxylation is 2. The first kappa shape index (κ1) is 16.0. The van der Waals surface area contributed by atoms with Gasteiger partial charge in [-0.3, -0.25) is 15.6 Å². The van der Waals surface area contributed by atoms with E-state index in [1.165, 1.54) is 0 Å². The summed E-state index contributed by atoms with van der Waals surface area (Å²) in [5, 5.41) is 3.43. The number of hydrogen-bond acceptors (Lipinski definition) is 2. The summed E-state index contributed by atoms with van der Waals surface area (Å²) in [4.78, 5) is 12.0. The third kappa shape index (κ3) is 4.30. The number of hydrogen-bond donors (Lipinski definition) is 3. The molecule has 3 N–H and O–H groups in total. The van der Waals surface area contributed by atoms with E-state index in [-0.39, 0.29) is 5.91 Å². The van der Waals surface area contributed by atoms with Gasteiger partial charge in [0.15, 0.2) is 5.11 Å². The van der Waals surface area contributed by atoms with E-state index < -0.39 is 0 Å². The number of carbonyl (C=O) groups excluding carboxylic acids is 1. The van der Waals surface area contributed by atoms with Crippen molar-refractivity contribution in [1.29, 1.82) is 0 Å². The van der Waals surface area contributed by atoms with Crippen molar-refractivity contribution < 1.29 is 4.79 Å². The maximum atomic E-state index is 12.0. The Balaban J connectivity index is 1.90. The molecule has 5 heteroatoms. The van der Waals surface area contributed by atoms with E-state index >= 15 is 0 Å². The Labute approximate surface area is 135 Å². The van der Waals surface area contributed by atoms with Gasteiger partial charge in [0.05, 0.1) is 0 Å². The fourth-order valence-electron chi connectivity index (χ4n) is 1.99. The van der Waals surface area contributed by atoms with Crippen molar-refractivity contribution in [3.05, 3.63) is 65.2 Å². The first-order valence-corrected chi connectivity index (χ1v) is 7.53. The summed E-state index contributed by atoms with van der Waals surface area (Å²) in [7, 11) is 0. The molecule has 1 amide bonds. The molecular formula is C17H19N3OS. The van der Waals surface area contributed by atoms with Crippen LogP contribution in [0.1, 0.15) is 28.4 Å². The second-order valence-corrected chi connectivity index (χ2v) is 5.32. The molecule has 2 aromatic rings. The van der Waals surface area contributed by atoms with Crippen molar-refractivity contribution in [2.24, 2.45) is 0 Å². The lowest BCUT2D eigenvalue weighted by Crippen LogP contribution is -2.43. The van der Waals surface area contributed by atoms with Gasteiger partial charge < -0.3 is 5.32 Å². The average molecular weight is 313 g/mol. The highest BCUT2D eigenvalue weighted by Gasteiger charge is 2.06. The Morgan fingerprint density at radius 3 is 2.41 bits per heavy atom. The highest BCUT2D eigenvalue weighted by Crippen LogP contribution is 2.14. The van der Waals surface area contributed by atoms with Crippen molar-refractivity contribution in [2.45, 2.75) is 20.3 Å². The van der Waals surface area contributed by atoms with Crippen molar-refractivity contribution >= 4 is 28.9 Å². The first-order chi connectivity index (χ1) is 10.6. The molecule has 0 heterocycles. The molecule has 0 fully saturated rings. The molecule has 0 saturated heterocycles. The Morgan fingerprint density at radius 2 is 1.73 bits per heavy atom. The van der Waals surface area contributed by atoms with Crippen LogP contribution >= 0.6 is 12.2 Å². The maximum absolute atomic E-state index is 12.0. The predicted molar refractivity (Wildman–Crippen MR) is 93.8 cm³/mol. The van der Waals surface area contributed by atoms with Crippen molar-refractivity contribution in [3.8, 4) is 0 Å². The maximum Gasteiger partial charge on any atom is 0.269 e. The lowest BCUT2D eigenvalue weighted by molar-refractivity contribution is 0.0944. The van der Waals surface area contributed by atoms with Crippen LogP contribution in [-0.2, 0) is 6.42 Å². The second kappa shape index (κ2) is 7.56. The van der Waals surface area contributed by atoms with E-state index in [0.29, 0.717) is 10.7 Å². The van der Waals surface area contributed by atoms with E-state index in [9.17, 15) is 4.79 Å². The number of hydrazine groups is 1. The monoisotopic (exact) mass is 313 g/mol. The van der Waals surface area contributed by atoms with Gasteiger partial charge in [-0.25, -0.2) is 0 Å². The molecule has 0 aliphatic rings. The number of carbonyl (C=O) groups is 1. The van der Waals surface area contributed by atoms with Crippen LogP contribution in [0.5, 0.6) is 0 Å². The molecule has 22 heavy (non-hydrogen) atoms. The van der Waals surface area contributed by atoms with Crippen molar-refractivity contribution in [1.82, 2.24) is 10.9 Å². The largest absolute Gasteiger partial charge is 0.331 e. The number of benzene rings is 2. The standard InChI is InChI=1S/C17H19N3OS/c1-3-13-6-4-5-7-15(13)18-17(22)20-19-16(21)14-10-8-12(2)9-11-14/h4-11H,3H2,1-2H3,(H,19,21)(H2,18,20,22). The summed E-state index contributed by atoms with van der Waals surface area (Å²) in [5.74, 6) is -0.229. The molecule has 0 aromatic heterocycles. The van der Waals surface area contributed by atoms with Gasteiger partial charge in [0, 0.05) is 11.3 Å².